The van der Waals surface area contributed by atoms with Crippen LogP contribution in [-0.2, 0) is 17.1 Å². The van der Waals surface area contributed by atoms with Gasteiger partial charge >= 0.3 is 0 Å². The molecule has 0 spiro atoms. The minimum Gasteiger partial charge on any atom is -0.493 e. The van der Waals surface area contributed by atoms with Gasteiger partial charge in [0.25, 0.3) is 15.9 Å². The lowest BCUT2D eigenvalue weighted by atomic mass is 10.00. The van der Waals surface area contributed by atoms with Gasteiger partial charge in [0.2, 0.25) is 11.8 Å². The van der Waals surface area contributed by atoms with E-state index in [1.54, 1.807) is 25.0 Å². The molecule has 0 saturated carbocycles. The van der Waals surface area contributed by atoms with Gasteiger partial charge in [0.15, 0.2) is 0 Å². The highest BCUT2D eigenvalue weighted by Gasteiger charge is 2.21. The summed E-state index contributed by atoms with van der Waals surface area (Å²) in [6.07, 6.45) is 3.21. The van der Waals surface area contributed by atoms with Crippen LogP contribution in [0.1, 0.15) is 21.5 Å². The van der Waals surface area contributed by atoms with Gasteiger partial charge in [-0.3, -0.25) is 9.48 Å². The first-order valence-electron chi connectivity index (χ1n) is 10.6. The molecule has 4 aromatic rings. The zero-order valence-corrected chi connectivity index (χ0v) is 20.4. The average molecular weight is 493 g/mol. The Morgan fingerprint density at radius 1 is 1.06 bits per heavy atom. The Hall–Kier alpha value is -4.25. The summed E-state index contributed by atoms with van der Waals surface area (Å²) in [5, 5.41) is 14.2. The lowest BCUT2D eigenvalue weighted by molar-refractivity contribution is 0.0993. The number of anilines is 2. The standard InChI is InChI=1S/C24H24N6O4S/c1-15-7-5-8-16(2)22(15)20-12-21(31)27-24(26-20)28-35(33,34)19-10-6-9-17(11-19)23(32)30(4)18-13-25-29(3)14-18/h5-14H,1-4H3,(H2,26,27,28,31). The highest BCUT2D eigenvalue weighted by Crippen LogP contribution is 2.29. The molecular weight excluding hydrogens is 468 g/mol. The molecule has 0 saturated heterocycles. The zero-order valence-electron chi connectivity index (χ0n) is 19.6. The number of nitrogens with one attached hydrogen (secondary N) is 1. The molecule has 2 heterocycles. The van der Waals surface area contributed by atoms with Crippen molar-refractivity contribution in [2.75, 3.05) is 16.7 Å². The van der Waals surface area contributed by atoms with Crippen LogP contribution < -0.4 is 9.62 Å². The maximum Gasteiger partial charge on any atom is 0.264 e. The van der Waals surface area contributed by atoms with Gasteiger partial charge in [-0.15, -0.1) is 0 Å². The first kappa shape index (κ1) is 23.9. The van der Waals surface area contributed by atoms with Crippen molar-refractivity contribution in [3.63, 3.8) is 0 Å². The minimum absolute atomic E-state index is 0.150. The van der Waals surface area contributed by atoms with Crippen LogP contribution in [0.4, 0.5) is 11.6 Å². The number of sulfonamides is 1. The lowest BCUT2D eigenvalue weighted by Gasteiger charge is -2.16. The molecule has 0 aliphatic carbocycles. The Balaban J connectivity index is 1.64. The van der Waals surface area contributed by atoms with E-state index in [1.807, 2.05) is 32.0 Å². The van der Waals surface area contributed by atoms with E-state index >= 15 is 0 Å². The zero-order chi connectivity index (χ0) is 25.3. The molecule has 0 radical (unpaired) electrons. The number of aromatic hydroxyl groups is 1. The van der Waals surface area contributed by atoms with E-state index in [4.69, 9.17) is 0 Å². The maximum atomic E-state index is 13.1. The number of carbonyl (C=O) groups excluding carboxylic acids is 1. The summed E-state index contributed by atoms with van der Waals surface area (Å²) in [6.45, 7) is 3.80. The molecule has 0 unspecified atom stereocenters. The van der Waals surface area contributed by atoms with Crippen LogP contribution in [-0.4, -0.2) is 46.2 Å². The van der Waals surface area contributed by atoms with Crippen molar-refractivity contribution in [1.29, 1.82) is 0 Å². The van der Waals surface area contributed by atoms with Crippen LogP contribution in [0.2, 0.25) is 0 Å². The third-order valence-electron chi connectivity index (χ3n) is 5.45. The molecule has 2 aromatic heterocycles. The summed E-state index contributed by atoms with van der Waals surface area (Å²) in [5.74, 6) is -1.06. The van der Waals surface area contributed by atoms with Gasteiger partial charge < -0.3 is 10.0 Å². The normalized spacial score (nSPS) is 11.3. The smallest absolute Gasteiger partial charge is 0.264 e. The van der Waals surface area contributed by atoms with Crippen LogP contribution in [0.25, 0.3) is 11.3 Å². The monoisotopic (exact) mass is 492 g/mol. The summed E-state index contributed by atoms with van der Waals surface area (Å²) >= 11 is 0. The predicted molar refractivity (Wildman–Crippen MR) is 132 cm³/mol. The van der Waals surface area contributed by atoms with Crippen molar-refractivity contribution >= 4 is 27.6 Å². The Bertz CT molecular complexity index is 1510. The molecule has 35 heavy (non-hydrogen) atoms. The van der Waals surface area contributed by atoms with E-state index in [2.05, 4.69) is 19.8 Å². The number of amides is 1. The summed E-state index contributed by atoms with van der Waals surface area (Å²) in [5.41, 5.74) is 3.73. The average Bonchev–Trinajstić information content (AvgIpc) is 3.23. The molecule has 0 aliphatic heterocycles. The number of carbonyl (C=O) groups is 1. The van der Waals surface area contributed by atoms with Crippen molar-refractivity contribution in [3.05, 3.63) is 77.6 Å². The van der Waals surface area contributed by atoms with E-state index in [0.29, 0.717) is 11.4 Å². The highest BCUT2D eigenvalue weighted by atomic mass is 32.2. The van der Waals surface area contributed by atoms with Gasteiger partial charge in [-0.05, 0) is 43.2 Å². The van der Waals surface area contributed by atoms with E-state index < -0.39 is 15.9 Å². The Morgan fingerprint density at radius 2 is 1.74 bits per heavy atom. The summed E-state index contributed by atoms with van der Waals surface area (Å²) < 4.78 is 30.1. The summed E-state index contributed by atoms with van der Waals surface area (Å²) in [6, 6.07) is 12.7. The van der Waals surface area contributed by atoms with Gasteiger partial charge in [0.1, 0.15) is 0 Å². The van der Waals surface area contributed by atoms with Crippen molar-refractivity contribution < 1.29 is 18.3 Å². The number of hydrogen-bond acceptors (Lipinski definition) is 7. The van der Waals surface area contributed by atoms with E-state index in [1.165, 1.54) is 41.4 Å². The van der Waals surface area contributed by atoms with Crippen LogP contribution in [0.3, 0.4) is 0 Å². The fraction of sp³-hybridized carbons (Fsp3) is 0.167. The largest absolute Gasteiger partial charge is 0.493 e. The Labute approximate surface area is 203 Å². The lowest BCUT2D eigenvalue weighted by Crippen LogP contribution is -2.26. The predicted octanol–water partition coefficient (Wildman–Crippen LogP) is 3.28. The molecular formula is C24H24N6O4S. The number of benzene rings is 2. The van der Waals surface area contributed by atoms with Crippen molar-refractivity contribution in [2.24, 2.45) is 7.05 Å². The quantitative estimate of drug-likeness (QED) is 0.422. The fourth-order valence-electron chi connectivity index (χ4n) is 3.69. The second-order valence-corrected chi connectivity index (χ2v) is 9.75. The maximum absolute atomic E-state index is 13.1. The van der Waals surface area contributed by atoms with Crippen LogP contribution in [0.5, 0.6) is 5.88 Å². The van der Waals surface area contributed by atoms with Crippen LogP contribution in [0, 0.1) is 13.8 Å². The van der Waals surface area contributed by atoms with E-state index in [-0.39, 0.29) is 22.3 Å². The van der Waals surface area contributed by atoms with Gasteiger partial charge in [-0.25, -0.2) is 18.1 Å². The Kier molecular flexibility index (Phi) is 6.27. The first-order valence-corrected chi connectivity index (χ1v) is 12.1. The van der Waals surface area contributed by atoms with Crippen molar-refractivity contribution in [2.45, 2.75) is 18.7 Å². The molecule has 2 aromatic carbocycles. The molecule has 1 amide bonds. The van der Waals surface area contributed by atoms with E-state index in [9.17, 15) is 18.3 Å². The summed E-state index contributed by atoms with van der Waals surface area (Å²) in [7, 11) is -0.855. The number of nitrogens with zero attached hydrogens (tertiary/aromatic N) is 5. The van der Waals surface area contributed by atoms with Gasteiger partial charge in [-0.2, -0.15) is 10.1 Å². The van der Waals surface area contributed by atoms with Gasteiger partial charge in [0, 0.05) is 37.5 Å². The fourth-order valence-corrected chi connectivity index (χ4v) is 4.68. The van der Waals surface area contributed by atoms with Gasteiger partial charge in [0.05, 0.1) is 22.5 Å². The number of aryl methyl sites for hydroxylation is 3. The minimum atomic E-state index is -4.16. The number of hydrogen-bond donors (Lipinski definition) is 2. The second-order valence-electron chi connectivity index (χ2n) is 8.07. The Morgan fingerprint density at radius 3 is 2.40 bits per heavy atom. The third-order valence-corrected chi connectivity index (χ3v) is 6.78. The molecule has 0 fully saturated rings. The molecule has 0 aliphatic rings. The number of rotatable bonds is 6. The van der Waals surface area contributed by atoms with Gasteiger partial charge in [-0.1, -0.05) is 24.3 Å². The molecule has 10 nitrogen and oxygen atoms in total. The molecule has 4 rings (SSSR count). The molecule has 2 N–H and O–H groups in total. The summed E-state index contributed by atoms with van der Waals surface area (Å²) in [4.78, 5) is 22.3. The van der Waals surface area contributed by atoms with E-state index in [0.717, 1.165) is 16.7 Å². The third kappa shape index (κ3) is 4.99. The first-order chi connectivity index (χ1) is 16.5. The van der Waals surface area contributed by atoms with Crippen LogP contribution in [0.15, 0.2) is 65.8 Å². The van der Waals surface area contributed by atoms with Crippen molar-refractivity contribution in [3.8, 4) is 17.1 Å². The molecule has 0 atom stereocenters. The molecule has 180 valence electrons. The SMILES string of the molecule is Cc1cccc(C)c1-c1cc(O)nc(NS(=O)(=O)c2cccc(C(=O)N(C)c3cnn(C)c3)c2)n1. The van der Waals surface area contributed by atoms with Crippen molar-refractivity contribution in [1.82, 2.24) is 19.7 Å². The van der Waals surface area contributed by atoms with Crippen LogP contribution >= 0.6 is 0 Å². The topological polar surface area (TPSA) is 130 Å². The highest BCUT2D eigenvalue weighted by molar-refractivity contribution is 7.92. The number of aromatic nitrogens is 4. The molecule has 0 bridgehead atoms. The second kappa shape index (κ2) is 9.18. The molecule has 11 heteroatoms.